The lowest BCUT2D eigenvalue weighted by Crippen LogP contribution is -2.50. The third-order valence-corrected chi connectivity index (χ3v) is 3.29. The summed E-state index contributed by atoms with van der Waals surface area (Å²) in [6.07, 6.45) is 0. The van der Waals surface area contributed by atoms with E-state index in [2.05, 4.69) is 15.2 Å². The summed E-state index contributed by atoms with van der Waals surface area (Å²) in [6, 6.07) is 5.79. The molecule has 0 radical (unpaired) electrons. The highest BCUT2D eigenvalue weighted by Crippen LogP contribution is 2.17. The van der Waals surface area contributed by atoms with E-state index in [1.165, 1.54) is 0 Å². The summed E-state index contributed by atoms with van der Waals surface area (Å²) < 4.78 is 5.42. The van der Waals surface area contributed by atoms with Crippen molar-refractivity contribution in [2.24, 2.45) is 0 Å². The Morgan fingerprint density at radius 3 is 2.67 bits per heavy atom. The first-order chi connectivity index (χ1) is 9.74. The van der Waals surface area contributed by atoms with Crippen molar-refractivity contribution in [1.82, 2.24) is 15.2 Å². The van der Waals surface area contributed by atoms with Gasteiger partial charge < -0.3 is 19.9 Å². The number of carbonyl (C=O) groups excluding carboxylic acids is 1. The molecule has 0 saturated carbocycles. The van der Waals surface area contributed by atoms with Crippen molar-refractivity contribution in [1.29, 1.82) is 0 Å². The SMILES string of the molecule is CCOc1cccc(N2CCN(C(=O)CNC)CC2)n1.Cl. The standard InChI is InChI=1S/C14H22N4O2.ClH/c1-3-20-13-6-4-5-12(16-13)17-7-9-18(10-8-17)14(19)11-15-2;/h4-6,15H,3,7-11H2,1-2H3;1H. The number of anilines is 1. The van der Waals surface area contributed by atoms with E-state index < -0.39 is 0 Å². The summed E-state index contributed by atoms with van der Waals surface area (Å²) in [4.78, 5) is 20.3. The fourth-order valence-electron chi connectivity index (χ4n) is 2.26. The van der Waals surface area contributed by atoms with Crippen LogP contribution in [0.5, 0.6) is 5.88 Å². The third kappa shape index (κ3) is 4.75. The number of ether oxygens (including phenoxy) is 1. The molecule has 0 atom stereocenters. The fourth-order valence-corrected chi connectivity index (χ4v) is 2.26. The molecule has 6 nitrogen and oxygen atoms in total. The number of nitrogens with one attached hydrogen (secondary N) is 1. The van der Waals surface area contributed by atoms with E-state index in [0.29, 0.717) is 19.0 Å². The van der Waals surface area contributed by atoms with Gasteiger partial charge in [0.25, 0.3) is 0 Å². The fraction of sp³-hybridized carbons (Fsp3) is 0.571. The van der Waals surface area contributed by atoms with Gasteiger partial charge in [0.1, 0.15) is 5.82 Å². The first-order valence-electron chi connectivity index (χ1n) is 7.01. The Morgan fingerprint density at radius 2 is 2.05 bits per heavy atom. The Kier molecular flexibility index (Phi) is 7.25. The maximum Gasteiger partial charge on any atom is 0.236 e. The van der Waals surface area contributed by atoms with E-state index in [9.17, 15) is 4.79 Å². The van der Waals surface area contributed by atoms with E-state index in [0.717, 1.165) is 32.0 Å². The number of rotatable bonds is 5. The van der Waals surface area contributed by atoms with Gasteiger partial charge in [0, 0.05) is 32.2 Å². The molecular formula is C14H23ClN4O2. The maximum absolute atomic E-state index is 11.8. The second-order valence-electron chi connectivity index (χ2n) is 4.67. The number of halogens is 1. The second-order valence-corrected chi connectivity index (χ2v) is 4.67. The van der Waals surface area contributed by atoms with Crippen LogP contribution in [-0.4, -0.2) is 62.2 Å². The molecule has 7 heteroatoms. The zero-order valence-electron chi connectivity index (χ0n) is 12.5. The zero-order chi connectivity index (χ0) is 14.4. The number of hydrogen-bond acceptors (Lipinski definition) is 5. The highest BCUT2D eigenvalue weighted by molar-refractivity contribution is 5.85. The predicted octanol–water partition coefficient (Wildman–Crippen LogP) is 0.770. The molecule has 0 bridgehead atoms. The number of piperazine rings is 1. The summed E-state index contributed by atoms with van der Waals surface area (Å²) in [7, 11) is 1.79. The van der Waals surface area contributed by atoms with Crippen LogP contribution in [0.15, 0.2) is 18.2 Å². The molecule has 0 unspecified atom stereocenters. The molecule has 1 aliphatic rings. The number of hydrogen-bond donors (Lipinski definition) is 1. The van der Waals surface area contributed by atoms with Crippen molar-refractivity contribution in [2.75, 3.05) is 51.3 Å². The van der Waals surface area contributed by atoms with Crippen LogP contribution in [0.2, 0.25) is 0 Å². The van der Waals surface area contributed by atoms with Crippen LogP contribution >= 0.6 is 12.4 Å². The van der Waals surface area contributed by atoms with Crippen LogP contribution in [0, 0.1) is 0 Å². The van der Waals surface area contributed by atoms with Gasteiger partial charge in [-0.25, -0.2) is 0 Å². The molecule has 0 spiro atoms. The summed E-state index contributed by atoms with van der Waals surface area (Å²) >= 11 is 0. The van der Waals surface area contributed by atoms with Gasteiger partial charge in [0.05, 0.1) is 13.2 Å². The molecule has 0 aromatic carbocycles. The van der Waals surface area contributed by atoms with Crippen LogP contribution in [0.3, 0.4) is 0 Å². The Balaban J connectivity index is 0.00000220. The van der Waals surface area contributed by atoms with Crippen LogP contribution in [0.25, 0.3) is 0 Å². The molecule has 0 aliphatic carbocycles. The van der Waals surface area contributed by atoms with E-state index in [1.807, 2.05) is 30.0 Å². The number of nitrogens with zero attached hydrogens (tertiary/aromatic N) is 3. The van der Waals surface area contributed by atoms with Gasteiger partial charge in [0.2, 0.25) is 11.8 Å². The largest absolute Gasteiger partial charge is 0.478 e. The third-order valence-electron chi connectivity index (χ3n) is 3.29. The topological polar surface area (TPSA) is 57.7 Å². The highest BCUT2D eigenvalue weighted by atomic mass is 35.5. The lowest BCUT2D eigenvalue weighted by Gasteiger charge is -2.35. The van der Waals surface area contributed by atoms with Crippen LogP contribution < -0.4 is 15.0 Å². The van der Waals surface area contributed by atoms with E-state index in [-0.39, 0.29) is 18.3 Å². The number of aromatic nitrogens is 1. The van der Waals surface area contributed by atoms with E-state index in [4.69, 9.17) is 4.74 Å². The van der Waals surface area contributed by atoms with E-state index in [1.54, 1.807) is 7.05 Å². The normalized spacial score (nSPS) is 14.6. The summed E-state index contributed by atoms with van der Waals surface area (Å²) in [5, 5.41) is 2.90. The molecule has 1 amide bonds. The van der Waals surface area contributed by atoms with Crippen LogP contribution in [0.4, 0.5) is 5.82 Å². The van der Waals surface area contributed by atoms with Gasteiger partial charge >= 0.3 is 0 Å². The van der Waals surface area contributed by atoms with Crippen molar-refractivity contribution < 1.29 is 9.53 Å². The molecule has 118 valence electrons. The molecule has 1 N–H and O–H groups in total. The van der Waals surface area contributed by atoms with Gasteiger partial charge in [-0.3, -0.25) is 4.79 Å². The van der Waals surface area contributed by atoms with Gasteiger partial charge in [-0.15, -0.1) is 12.4 Å². The van der Waals surface area contributed by atoms with Crippen molar-refractivity contribution >= 4 is 24.1 Å². The average Bonchev–Trinajstić information content (AvgIpc) is 2.48. The molecule has 1 aliphatic heterocycles. The quantitative estimate of drug-likeness (QED) is 0.870. The molecule has 21 heavy (non-hydrogen) atoms. The first kappa shape index (κ1) is 17.5. The summed E-state index contributed by atoms with van der Waals surface area (Å²) in [6.45, 7) is 6.04. The molecule has 1 aromatic rings. The van der Waals surface area contributed by atoms with Gasteiger partial charge in [0.15, 0.2) is 0 Å². The highest BCUT2D eigenvalue weighted by Gasteiger charge is 2.21. The second kappa shape index (κ2) is 8.69. The van der Waals surface area contributed by atoms with E-state index >= 15 is 0 Å². The molecule has 1 saturated heterocycles. The maximum atomic E-state index is 11.8. The lowest BCUT2D eigenvalue weighted by molar-refractivity contribution is -0.130. The minimum Gasteiger partial charge on any atom is -0.478 e. The van der Waals surface area contributed by atoms with Gasteiger partial charge in [-0.1, -0.05) is 6.07 Å². The van der Waals surface area contributed by atoms with Gasteiger partial charge in [-0.2, -0.15) is 4.98 Å². The molecular weight excluding hydrogens is 292 g/mol. The van der Waals surface area contributed by atoms with Crippen molar-refractivity contribution in [2.45, 2.75) is 6.92 Å². The Morgan fingerprint density at radius 1 is 1.33 bits per heavy atom. The van der Waals surface area contributed by atoms with Crippen molar-refractivity contribution in [3.63, 3.8) is 0 Å². The average molecular weight is 315 g/mol. The molecule has 1 aromatic heterocycles. The Labute approximate surface area is 131 Å². The number of likely N-dealkylation sites (N-methyl/N-ethyl adjacent to an activating group) is 1. The summed E-state index contributed by atoms with van der Waals surface area (Å²) in [5.74, 6) is 1.72. The first-order valence-corrected chi connectivity index (χ1v) is 7.01. The van der Waals surface area contributed by atoms with Gasteiger partial charge in [-0.05, 0) is 20.0 Å². The Bertz CT molecular complexity index is 450. The van der Waals surface area contributed by atoms with Crippen LogP contribution in [0.1, 0.15) is 6.92 Å². The minimum atomic E-state index is 0. The number of carbonyl (C=O) groups is 1. The van der Waals surface area contributed by atoms with Crippen LogP contribution in [-0.2, 0) is 4.79 Å². The molecule has 2 rings (SSSR count). The monoisotopic (exact) mass is 314 g/mol. The lowest BCUT2D eigenvalue weighted by atomic mass is 10.3. The van der Waals surface area contributed by atoms with Crippen molar-refractivity contribution in [3.05, 3.63) is 18.2 Å². The number of amides is 1. The number of pyridine rings is 1. The predicted molar refractivity (Wildman–Crippen MR) is 85.4 cm³/mol. The Hall–Kier alpha value is -1.53. The zero-order valence-corrected chi connectivity index (χ0v) is 13.4. The smallest absolute Gasteiger partial charge is 0.236 e. The summed E-state index contributed by atoms with van der Waals surface area (Å²) in [5.41, 5.74) is 0. The minimum absolute atomic E-state index is 0. The molecule has 2 heterocycles. The molecule has 1 fully saturated rings. The van der Waals surface area contributed by atoms with Crippen molar-refractivity contribution in [3.8, 4) is 5.88 Å².